The Morgan fingerprint density at radius 3 is 1.68 bits per heavy atom. The van der Waals surface area contributed by atoms with Crippen molar-refractivity contribution in [1.29, 1.82) is 0 Å². The van der Waals surface area contributed by atoms with Gasteiger partial charge in [0.05, 0.1) is 19.4 Å². The summed E-state index contributed by atoms with van der Waals surface area (Å²) in [6.45, 7) is 4.45. The fraction of sp³-hybridized carbons (Fsp3) is 0.739. The molecule has 2 saturated carbocycles. The molecule has 28 heavy (non-hydrogen) atoms. The van der Waals surface area contributed by atoms with Crippen molar-refractivity contribution in [2.24, 2.45) is 0 Å². The molecule has 0 amide bonds. The molecule has 2 aliphatic carbocycles. The zero-order chi connectivity index (χ0) is 20.0. The lowest BCUT2D eigenvalue weighted by Crippen LogP contribution is -2.10. The van der Waals surface area contributed by atoms with E-state index in [1.54, 1.807) is 0 Å². The summed E-state index contributed by atoms with van der Waals surface area (Å²) in [5.41, 5.74) is 3.12. The van der Waals surface area contributed by atoms with E-state index in [1.807, 2.05) is 13.8 Å². The van der Waals surface area contributed by atoms with E-state index in [0.717, 1.165) is 42.4 Å². The molecule has 0 atom stereocenters. The summed E-state index contributed by atoms with van der Waals surface area (Å²) in [5, 5.41) is 11.2. The number of phenolic OH excluding ortho intramolecular Hbond substituents is 1. The van der Waals surface area contributed by atoms with Gasteiger partial charge in [-0.15, -0.1) is 0 Å². The minimum atomic E-state index is -3.16. The van der Waals surface area contributed by atoms with Crippen molar-refractivity contribution in [1.82, 2.24) is 0 Å². The largest absolute Gasteiger partial charge is 0.507 e. The van der Waals surface area contributed by atoms with Gasteiger partial charge in [0, 0.05) is 0 Å². The van der Waals surface area contributed by atoms with Gasteiger partial charge >= 0.3 is 7.60 Å². The van der Waals surface area contributed by atoms with Crippen LogP contribution >= 0.6 is 7.60 Å². The van der Waals surface area contributed by atoms with Crippen LogP contribution in [0.4, 0.5) is 0 Å². The molecule has 158 valence electrons. The van der Waals surface area contributed by atoms with Gasteiger partial charge in [0.25, 0.3) is 0 Å². The lowest BCUT2D eigenvalue weighted by atomic mass is 9.78. The summed E-state index contributed by atoms with van der Waals surface area (Å²) in [7, 11) is -3.16. The Morgan fingerprint density at radius 2 is 1.29 bits per heavy atom. The van der Waals surface area contributed by atoms with E-state index in [-0.39, 0.29) is 6.16 Å². The minimum Gasteiger partial charge on any atom is -0.507 e. The lowest BCUT2D eigenvalue weighted by Gasteiger charge is -2.29. The van der Waals surface area contributed by atoms with Crippen LogP contribution in [0.5, 0.6) is 5.75 Å². The van der Waals surface area contributed by atoms with Crippen LogP contribution < -0.4 is 0 Å². The Bertz CT molecular complexity index is 626. The molecular formula is C23H37O4P. The molecule has 0 aromatic heterocycles. The highest BCUT2D eigenvalue weighted by atomic mass is 31.2. The highest BCUT2D eigenvalue weighted by Gasteiger charge is 2.29. The summed E-state index contributed by atoms with van der Waals surface area (Å²) < 4.78 is 24.2. The van der Waals surface area contributed by atoms with Gasteiger partial charge < -0.3 is 14.2 Å². The van der Waals surface area contributed by atoms with Gasteiger partial charge in [-0.1, -0.05) is 50.7 Å². The number of phenols is 1. The normalized spacial score (nSPS) is 19.8. The molecule has 2 fully saturated rings. The molecule has 5 heteroatoms. The quantitative estimate of drug-likeness (QED) is 0.460. The van der Waals surface area contributed by atoms with Gasteiger partial charge in [0.2, 0.25) is 0 Å². The zero-order valence-electron chi connectivity index (χ0n) is 17.6. The van der Waals surface area contributed by atoms with Crippen LogP contribution in [0.3, 0.4) is 0 Å². The standard InChI is InChI=1S/C23H37O4P/c1-3-26-28(25,27-4-2)17-18-15-21(19-11-7-5-8-12-19)23(24)22(16-18)20-13-9-6-10-14-20/h15-16,19-20,24H,3-14,17H2,1-2H3. The predicted octanol–water partition coefficient (Wildman–Crippen LogP) is 7.25. The van der Waals surface area contributed by atoms with E-state index in [1.165, 1.54) is 38.5 Å². The summed E-state index contributed by atoms with van der Waals surface area (Å²) in [5.74, 6) is 1.33. The van der Waals surface area contributed by atoms with Crippen LogP contribution in [0.15, 0.2) is 12.1 Å². The molecule has 1 aromatic carbocycles. The van der Waals surface area contributed by atoms with Gasteiger partial charge in [-0.3, -0.25) is 4.57 Å². The molecule has 0 radical (unpaired) electrons. The van der Waals surface area contributed by atoms with Crippen molar-refractivity contribution in [3.63, 3.8) is 0 Å². The third-order valence-corrected chi connectivity index (χ3v) is 8.40. The van der Waals surface area contributed by atoms with Crippen LogP contribution in [0.2, 0.25) is 0 Å². The Hall–Kier alpha value is -0.830. The van der Waals surface area contributed by atoms with Gasteiger partial charge in [-0.25, -0.2) is 0 Å². The number of hydrogen-bond acceptors (Lipinski definition) is 4. The highest BCUT2D eigenvalue weighted by molar-refractivity contribution is 7.53. The number of hydrogen-bond donors (Lipinski definition) is 1. The van der Waals surface area contributed by atoms with Crippen LogP contribution in [0.1, 0.15) is 107 Å². The van der Waals surface area contributed by atoms with Gasteiger partial charge in [0.15, 0.2) is 0 Å². The summed E-state index contributed by atoms with van der Waals surface area (Å²) in [6.07, 6.45) is 12.3. The summed E-state index contributed by atoms with van der Waals surface area (Å²) in [4.78, 5) is 0. The maximum absolute atomic E-state index is 13.1. The van der Waals surface area contributed by atoms with Gasteiger partial charge in [0.1, 0.15) is 5.75 Å². The monoisotopic (exact) mass is 408 g/mol. The van der Waals surface area contributed by atoms with Crippen molar-refractivity contribution in [3.05, 3.63) is 28.8 Å². The zero-order valence-corrected chi connectivity index (χ0v) is 18.5. The van der Waals surface area contributed by atoms with Crippen molar-refractivity contribution in [2.75, 3.05) is 13.2 Å². The molecule has 0 unspecified atom stereocenters. The molecule has 4 nitrogen and oxygen atoms in total. The van der Waals surface area contributed by atoms with E-state index in [0.29, 0.717) is 30.8 Å². The number of aromatic hydroxyl groups is 1. The maximum atomic E-state index is 13.1. The van der Waals surface area contributed by atoms with E-state index in [4.69, 9.17) is 9.05 Å². The Kier molecular flexibility index (Phi) is 8.02. The van der Waals surface area contributed by atoms with E-state index >= 15 is 0 Å². The lowest BCUT2D eigenvalue weighted by molar-refractivity contribution is 0.219. The first-order valence-corrected chi connectivity index (χ1v) is 13.0. The van der Waals surface area contributed by atoms with E-state index in [9.17, 15) is 9.67 Å². The topological polar surface area (TPSA) is 55.8 Å². The van der Waals surface area contributed by atoms with Crippen molar-refractivity contribution in [2.45, 2.75) is 96.1 Å². The molecule has 0 saturated heterocycles. The molecule has 0 spiro atoms. The van der Waals surface area contributed by atoms with Gasteiger partial charge in [-0.05, 0) is 68.1 Å². The Labute approximate surface area is 170 Å². The van der Waals surface area contributed by atoms with Crippen LogP contribution in [-0.2, 0) is 19.8 Å². The third kappa shape index (κ3) is 5.40. The Balaban J connectivity index is 1.97. The van der Waals surface area contributed by atoms with Gasteiger partial charge in [-0.2, -0.15) is 0 Å². The molecule has 0 aliphatic heterocycles. The first-order chi connectivity index (χ1) is 13.6. The van der Waals surface area contributed by atoms with Crippen molar-refractivity contribution >= 4 is 7.60 Å². The molecule has 1 N–H and O–H groups in total. The SMILES string of the molecule is CCOP(=O)(Cc1cc(C2CCCCC2)c(O)c(C2CCCCC2)c1)OCC. The maximum Gasteiger partial charge on any atom is 0.335 e. The molecule has 1 aromatic rings. The second-order valence-corrected chi connectivity index (χ2v) is 10.5. The van der Waals surface area contributed by atoms with Crippen LogP contribution in [0.25, 0.3) is 0 Å². The van der Waals surface area contributed by atoms with Crippen LogP contribution in [-0.4, -0.2) is 18.3 Å². The highest BCUT2D eigenvalue weighted by Crippen LogP contribution is 2.53. The first-order valence-electron chi connectivity index (χ1n) is 11.3. The second kappa shape index (κ2) is 10.3. The first kappa shape index (κ1) is 21.9. The fourth-order valence-corrected chi connectivity index (χ4v) is 6.70. The molecule has 2 aliphatic rings. The molecule has 3 rings (SSSR count). The number of benzene rings is 1. The average Bonchev–Trinajstić information content (AvgIpc) is 2.71. The fourth-order valence-electron chi connectivity index (χ4n) is 5.03. The second-order valence-electron chi connectivity index (χ2n) is 8.40. The van der Waals surface area contributed by atoms with E-state index < -0.39 is 7.60 Å². The van der Waals surface area contributed by atoms with Crippen LogP contribution in [0, 0.1) is 0 Å². The predicted molar refractivity (Wildman–Crippen MR) is 114 cm³/mol. The molecular weight excluding hydrogens is 371 g/mol. The summed E-state index contributed by atoms with van der Waals surface area (Å²) >= 11 is 0. The molecule has 0 bridgehead atoms. The number of rotatable bonds is 8. The summed E-state index contributed by atoms with van der Waals surface area (Å²) in [6, 6.07) is 4.17. The van der Waals surface area contributed by atoms with Crippen molar-refractivity contribution < 1.29 is 18.7 Å². The van der Waals surface area contributed by atoms with E-state index in [2.05, 4.69) is 12.1 Å². The Morgan fingerprint density at radius 1 is 0.857 bits per heavy atom. The molecule has 0 heterocycles. The van der Waals surface area contributed by atoms with Crippen molar-refractivity contribution in [3.8, 4) is 5.75 Å². The third-order valence-electron chi connectivity index (χ3n) is 6.35. The average molecular weight is 409 g/mol. The minimum absolute atomic E-state index is 0.286. The smallest absolute Gasteiger partial charge is 0.335 e.